The maximum atomic E-state index is 13.4. The fourth-order valence-electron chi connectivity index (χ4n) is 7.51. The van der Waals surface area contributed by atoms with Crippen LogP contribution in [-0.4, -0.2) is 70.0 Å². The van der Waals surface area contributed by atoms with Crippen molar-refractivity contribution in [2.45, 2.75) is 30.9 Å². The number of esters is 1. The molecule has 54 heavy (non-hydrogen) atoms. The number of aromatic nitrogens is 1. The van der Waals surface area contributed by atoms with Gasteiger partial charge in [0, 0.05) is 30.1 Å². The second kappa shape index (κ2) is 16.3. The largest absolute Gasteiger partial charge is 0.619 e. The number of nitrogens with one attached hydrogen (secondary N) is 2. The van der Waals surface area contributed by atoms with E-state index in [-0.39, 0.29) is 34.0 Å². The number of piperidine rings is 3. The Morgan fingerprint density at radius 1 is 0.963 bits per heavy atom. The average molecular weight is 800 g/mol. The van der Waals surface area contributed by atoms with Crippen LogP contribution in [0.1, 0.15) is 35.6 Å². The van der Waals surface area contributed by atoms with Gasteiger partial charge in [0.25, 0.3) is 0 Å². The van der Waals surface area contributed by atoms with Crippen LogP contribution in [0.15, 0.2) is 85.2 Å². The Morgan fingerprint density at radius 2 is 1.63 bits per heavy atom. The van der Waals surface area contributed by atoms with Gasteiger partial charge in [-0.05, 0) is 73.3 Å². The monoisotopic (exact) mass is 798 g/mol. The molecule has 4 heterocycles. The van der Waals surface area contributed by atoms with E-state index in [1.165, 1.54) is 26.4 Å². The number of hydrogen-bond donors (Lipinski definition) is 3. The maximum Gasteiger partial charge on any atom is 0.334 e. The lowest BCUT2D eigenvalue weighted by molar-refractivity contribution is -0.605. The van der Waals surface area contributed by atoms with Crippen molar-refractivity contribution in [1.29, 1.82) is 0 Å². The molecule has 3 N–H and O–H groups in total. The van der Waals surface area contributed by atoms with Crippen molar-refractivity contribution < 1.29 is 42.1 Å². The molecule has 0 spiro atoms. The topological polar surface area (TPSA) is 170 Å². The molecule has 3 atom stereocenters. The number of nitrogens with zero attached hydrogens (tertiary/aromatic N) is 2. The summed E-state index contributed by atoms with van der Waals surface area (Å²) in [6, 6.07) is 20.1. The second-order valence-electron chi connectivity index (χ2n) is 13.4. The molecule has 2 bridgehead atoms. The molecular weight excluding hydrogens is 759 g/mol. The SMILES string of the molecule is COc1ccc(C(Cc2c(Cl)c[n+]([O-])cc2Cl)OC(=O)CS(=O)(=O)Nc2cccc(NC(C(=O)O)(c3ccccc3)[C@H]3CN4CCC3CC4)c2)cc1OC. The van der Waals surface area contributed by atoms with Gasteiger partial charge in [-0.25, -0.2) is 13.2 Å². The first-order valence-electron chi connectivity index (χ1n) is 17.2. The number of fused-ring (bicyclic) bond motifs is 3. The summed E-state index contributed by atoms with van der Waals surface area (Å²) in [7, 11) is -1.46. The third-order valence-corrected chi connectivity index (χ3v) is 11.9. The van der Waals surface area contributed by atoms with Crippen molar-refractivity contribution in [3.05, 3.63) is 117 Å². The zero-order valence-electron chi connectivity index (χ0n) is 29.5. The molecule has 0 radical (unpaired) electrons. The van der Waals surface area contributed by atoms with Gasteiger partial charge in [-0.1, -0.05) is 65.7 Å². The van der Waals surface area contributed by atoms with Gasteiger partial charge < -0.3 is 34.7 Å². The van der Waals surface area contributed by atoms with E-state index in [9.17, 15) is 28.3 Å². The standard InChI is InChI=1S/C38H40Cl2N4O9S/c1-51-33-12-11-25(17-35(33)52-2)34(19-29-31(39)21-44(48)22-32(29)40)53-36(45)23-54(49,50)42-28-10-6-9-27(18-28)41-38(37(46)47,26-7-4-3-5-8-26)30-20-43-15-13-24(30)14-16-43/h3-12,17-18,21-22,24,30,34,41-42H,13-16,19-20,23H2,1-2H3,(H,46,47)/t30-,34?,38?/m0/s1. The van der Waals surface area contributed by atoms with Crippen LogP contribution in [0.2, 0.25) is 10.0 Å². The summed E-state index contributed by atoms with van der Waals surface area (Å²) in [5.41, 5.74) is 0.307. The molecule has 3 aromatic carbocycles. The van der Waals surface area contributed by atoms with E-state index in [1.807, 2.05) is 6.07 Å². The molecule has 3 aliphatic rings. The Kier molecular flexibility index (Phi) is 11.8. The summed E-state index contributed by atoms with van der Waals surface area (Å²) in [5, 5.41) is 26.2. The Balaban J connectivity index is 1.23. The normalized spacial score (nSPS) is 19.6. The van der Waals surface area contributed by atoms with Crippen LogP contribution in [0.25, 0.3) is 0 Å². The number of anilines is 2. The van der Waals surface area contributed by atoms with E-state index >= 15 is 0 Å². The summed E-state index contributed by atoms with van der Waals surface area (Å²) in [4.78, 5) is 29.0. The van der Waals surface area contributed by atoms with E-state index in [1.54, 1.807) is 54.6 Å². The number of sulfonamides is 1. The Bertz CT molecular complexity index is 2090. The van der Waals surface area contributed by atoms with Crippen molar-refractivity contribution in [2.75, 3.05) is 49.6 Å². The number of carbonyl (C=O) groups excluding carboxylic acids is 1. The number of carboxylic acid groups (broad SMARTS) is 1. The van der Waals surface area contributed by atoms with Gasteiger partial charge in [0.2, 0.25) is 10.0 Å². The zero-order valence-corrected chi connectivity index (χ0v) is 31.9. The molecule has 0 amide bonds. The van der Waals surface area contributed by atoms with E-state index in [0.29, 0.717) is 45.2 Å². The summed E-state index contributed by atoms with van der Waals surface area (Å²) in [6.07, 6.45) is 2.78. The first-order valence-corrected chi connectivity index (χ1v) is 19.6. The third kappa shape index (κ3) is 8.46. The van der Waals surface area contributed by atoms with Crippen LogP contribution in [0.4, 0.5) is 11.4 Å². The van der Waals surface area contributed by atoms with E-state index in [4.69, 9.17) is 37.4 Å². The van der Waals surface area contributed by atoms with Crippen LogP contribution in [0, 0.1) is 17.0 Å². The number of hydrogen-bond acceptors (Lipinski definition) is 10. The van der Waals surface area contributed by atoms with Crippen molar-refractivity contribution >= 4 is 56.5 Å². The molecule has 7 rings (SSSR count). The molecule has 0 saturated carbocycles. The van der Waals surface area contributed by atoms with Gasteiger partial charge in [-0.3, -0.25) is 9.52 Å². The molecule has 13 nitrogen and oxygen atoms in total. The average Bonchev–Trinajstić information content (AvgIpc) is 3.14. The van der Waals surface area contributed by atoms with Crippen LogP contribution in [-0.2, 0) is 36.3 Å². The molecule has 2 unspecified atom stereocenters. The van der Waals surface area contributed by atoms with Gasteiger partial charge >= 0.3 is 11.9 Å². The minimum atomic E-state index is -4.35. The Labute approximate surface area is 323 Å². The van der Waals surface area contributed by atoms with Crippen LogP contribution in [0.5, 0.6) is 11.5 Å². The van der Waals surface area contributed by atoms with Crippen molar-refractivity contribution in [2.24, 2.45) is 11.8 Å². The summed E-state index contributed by atoms with van der Waals surface area (Å²) >= 11 is 12.7. The Hall–Kier alpha value is -4.76. The van der Waals surface area contributed by atoms with Gasteiger partial charge in [-0.15, -0.1) is 0 Å². The highest BCUT2D eigenvalue weighted by molar-refractivity contribution is 7.93. The fraction of sp³-hybridized carbons (Fsp3) is 0.342. The van der Waals surface area contributed by atoms with Gasteiger partial charge in [0.15, 0.2) is 35.2 Å². The number of ether oxygens (including phenoxy) is 3. The predicted octanol–water partition coefficient (Wildman–Crippen LogP) is 5.65. The first-order chi connectivity index (χ1) is 25.8. The number of halogens is 2. The smallest absolute Gasteiger partial charge is 0.334 e. The van der Waals surface area contributed by atoms with Gasteiger partial charge in [0.05, 0.1) is 19.9 Å². The lowest BCUT2D eigenvalue weighted by Crippen LogP contribution is -2.60. The van der Waals surface area contributed by atoms with Crippen LogP contribution >= 0.6 is 23.2 Å². The minimum absolute atomic E-state index is 0.0227. The number of benzene rings is 3. The second-order valence-corrected chi connectivity index (χ2v) is 15.9. The highest BCUT2D eigenvalue weighted by Gasteiger charge is 2.53. The van der Waals surface area contributed by atoms with E-state index in [0.717, 1.165) is 38.3 Å². The molecule has 3 aliphatic heterocycles. The molecular formula is C38H40Cl2N4O9S. The van der Waals surface area contributed by atoms with Gasteiger partial charge in [-0.2, -0.15) is 4.73 Å². The first kappa shape index (κ1) is 38.9. The number of pyridine rings is 1. The maximum absolute atomic E-state index is 13.4. The predicted molar refractivity (Wildman–Crippen MR) is 203 cm³/mol. The number of carboxylic acids is 1. The molecule has 1 aromatic heterocycles. The zero-order chi connectivity index (χ0) is 38.6. The highest BCUT2D eigenvalue weighted by Crippen LogP contribution is 2.46. The molecule has 3 saturated heterocycles. The lowest BCUT2D eigenvalue weighted by atomic mass is 9.65. The highest BCUT2D eigenvalue weighted by atomic mass is 35.5. The van der Waals surface area contributed by atoms with Crippen molar-refractivity contribution in [3.8, 4) is 11.5 Å². The van der Waals surface area contributed by atoms with E-state index in [2.05, 4.69) is 14.9 Å². The molecule has 286 valence electrons. The van der Waals surface area contributed by atoms with Crippen LogP contribution in [0.3, 0.4) is 0 Å². The van der Waals surface area contributed by atoms with E-state index < -0.39 is 39.4 Å². The van der Waals surface area contributed by atoms with Crippen molar-refractivity contribution in [1.82, 2.24) is 4.90 Å². The fourth-order valence-corrected chi connectivity index (χ4v) is 9.05. The summed E-state index contributed by atoms with van der Waals surface area (Å²) in [6.45, 7) is 2.46. The number of methoxy groups -OCH3 is 2. The molecule has 3 fully saturated rings. The van der Waals surface area contributed by atoms with Crippen molar-refractivity contribution in [3.63, 3.8) is 0 Å². The quantitative estimate of drug-likeness (QED) is 0.0772. The Morgan fingerprint density at radius 3 is 2.24 bits per heavy atom. The lowest BCUT2D eigenvalue weighted by Gasteiger charge is -2.52. The molecule has 0 aliphatic carbocycles. The summed E-state index contributed by atoms with van der Waals surface area (Å²) in [5.74, 6) is -2.51. The summed E-state index contributed by atoms with van der Waals surface area (Å²) < 4.78 is 46.2. The number of carbonyl (C=O) groups is 2. The number of aliphatic carboxylic acids is 1. The third-order valence-electron chi connectivity index (χ3n) is 10.1. The van der Waals surface area contributed by atoms with Gasteiger partial charge in [0.1, 0.15) is 16.1 Å². The number of rotatable bonds is 15. The molecule has 4 aromatic rings. The minimum Gasteiger partial charge on any atom is -0.619 e. The van der Waals surface area contributed by atoms with Crippen LogP contribution < -0.4 is 24.2 Å². The molecule has 16 heteroatoms.